The van der Waals surface area contributed by atoms with Gasteiger partial charge in [-0.05, 0) is 12.1 Å². The predicted octanol–water partition coefficient (Wildman–Crippen LogP) is 2.87. The lowest BCUT2D eigenvalue weighted by molar-refractivity contribution is -0.115. The van der Waals surface area contributed by atoms with E-state index in [4.69, 9.17) is 4.74 Å². The summed E-state index contributed by atoms with van der Waals surface area (Å²) in [7, 11) is 1.53. The molecule has 1 amide bonds. The Morgan fingerprint density at radius 1 is 1.43 bits per heavy atom. The van der Waals surface area contributed by atoms with Gasteiger partial charge >= 0.3 is 5.97 Å². The molecule has 1 heterocycles. The van der Waals surface area contributed by atoms with Gasteiger partial charge in [0.15, 0.2) is 5.13 Å². The molecule has 1 aromatic heterocycles. The smallest absolute Gasteiger partial charge is 0.348 e. The van der Waals surface area contributed by atoms with Crippen molar-refractivity contribution in [3.63, 3.8) is 0 Å². The molecule has 110 valence electrons. The van der Waals surface area contributed by atoms with Crippen molar-refractivity contribution in [2.75, 3.05) is 12.4 Å². The average molecular weight is 306 g/mol. The van der Waals surface area contributed by atoms with Gasteiger partial charge in [0, 0.05) is 12.0 Å². The average Bonchev–Trinajstić information content (AvgIpc) is 2.91. The van der Waals surface area contributed by atoms with Crippen LogP contribution in [0.1, 0.15) is 23.0 Å². The molecule has 2 N–H and O–H groups in total. The molecule has 1 aromatic carbocycles. The first-order chi connectivity index (χ1) is 10.0. The van der Waals surface area contributed by atoms with E-state index in [0.717, 1.165) is 11.3 Å². The largest absolute Gasteiger partial charge is 0.497 e. The molecule has 0 spiro atoms. The number of amides is 1. The maximum Gasteiger partial charge on any atom is 0.348 e. The fraction of sp³-hybridized carbons (Fsp3) is 0.214. The van der Waals surface area contributed by atoms with Crippen molar-refractivity contribution >= 4 is 28.3 Å². The minimum Gasteiger partial charge on any atom is -0.497 e. The number of thiazole rings is 1. The van der Waals surface area contributed by atoms with Crippen molar-refractivity contribution in [2.24, 2.45) is 0 Å². The second kappa shape index (κ2) is 6.36. The monoisotopic (exact) mass is 306 g/mol. The molecular weight excluding hydrogens is 292 g/mol. The van der Waals surface area contributed by atoms with E-state index < -0.39 is 5.97 Å². The number of hydrogen-bond acceptors (Lipinski definition) is 5. The van der Waals surface area contributed by atoms with Crippen LogP contribution in [-0.4, -0.2) is 29.1 Å². The normalized spacial score (nSPS) is 10.2. The molecule has 0 saturated heterocycles. The summed E-state index contributed by atoms with van der Waals surface area (Å²) in [5.41, 5.74) is 0.942. The number of nitrogens with zero attached hydrogens (tertiary/aromatic N) is 1. The van der Waals surface area contributed by atoms with Gasteiger partial charge in [-0.1, -0.05) is 30.4 Å². The molecule has 0 atom stereocenters. The Labute approximate surface area is 125 Å². The zero-order valence-corrected chi connectivity index (χ0v) is 12.4. The Bertz CT molecular complexity index is 681. The van der Waals surface area contributed by atoms with Gasteiger partial charge in [0.2, 0.25) is 5.91 Å². The predicted molar refractivity (Wildman–Crippen MR) is 80.0 cm³/mol. The van der Waals surface area contributed by atoms with Crippen LogP contribution < -0.4 is 10.1 Å². The van der Waals surface area contributed by atoms with E-state index in [2.05, 4.69) is 10.3 Å². The Morgan fingerprint density at radius 3 is 2.81 bits per heavy atom. The molecule has 0 unspecified atom stereocenters. The van der Waals surface area contributed by atoms with Gasteiger partial charge in [-0.25, -0.2) is 9.78 Å². The summed E-state index contributed by atoms with van der Waals surface area (Å²) in [4.78, 5) is 27.0. The maximum absolute atomic E-state index is 11.4. The Balaban J connectivity index is 2.45. The molecule has 0 bridgehead atoms. The lowest BCUT2D eigenvalue weighted by atomic mass is 10.1. The lowest BCUT2D eigenvalue weighted by Gasteiger charge is -2.02. The number of rotatable bonds is 5. The Hall–Kier alpha value is -2.41. The van der Waals surface area contributed by atoms with Gasteiger partial charge in [0.05, 0.1) is 12.8 Å². The number of ether oxygens (including phenoxy) is 1. The van der Waals surface area contributed by atoms with Crippen LogP contribution in [0.25, 0.3) is 11.3 Å². The molecule has 0 fully saturated rings. The van der Waals surface area contributed by atoms with Crippen molar-refractivity contribution in [1.82, 2.24) is 4.98 Å². The highest BCUT2D eigenvalue weighted by Gasteiger charge is 2.20. The van der Waals surface area contributed by atoms with Crippen LogP contribution >= 0.6 is 11.3 Å². The van der Waals surface area contributed by atoms with E-state index in [1.54, 1.807) is 31.2 Å². The molecule has 0 aliphatic rings. The number of hydrogen-bond donors (Lipinski definition) is 2. The van der Waals surface area contributed by atoms with Crippen molar-refractivity contribution < 1.29 is 19.4 Å². The summed E-state index contributed by atoms with van der Waals surface area (Å²) in [6, 6.07) is 6.96. The maximum atomic E-state index is 11.4. The van der Waals surface area contributed by atoms with Crippen molar-refractivity contribution in [2.45, 2.75) is 13.3 Å². The SMILES string of the molecule is CCC(=O)Nc1nc(-c2cccc(OC)c2)c(C(=O)O)s1. The number of carbonyl (C=O) groups is 2. The first-order valence-electron chi connectivity index (χ1n) is 6.23. The summed E-state index contributed by atoms with van der Waals surface area (Å²) in [5.74, 6) is -0.684. The number of benzene rings is 1. The summed E-state index contributed by atoms with van der Waals surface area (Å²) in [6.07, 6.45) is 0.302. The third kappa shape index (κ3) is 3.38. The van der Waals surface area contributed by atoms with E-state index in [0.29, 0.717) is 23.4 Å². The highest BCUT2D eigenvalue weighted by Crippen LogP contribution is 2.32. The lowest BCUT2D eigenvalue weighted by Crippen LogP contribution is -2.08. The summed E-state index contributed by atoms with van der Waals surface area (Å²) < 4.78 is 5.12. The van der Waals surface area contributed by atoms with Crippen LogP contribution in [0.5, 0.6) is 5.75 Å². The summed E-state index contributed by atoms with van der Waals surface area (Å²) in [5, 5.41) is 12.1. The van der Waals surface area contributed by atoms with E-state index in [9.17, 15) is 14.7 Å². The highest BCUT2D eigenvalue weighted by molar-refractivity contribution is 7.18. The van der Waals surface area contributed by atoms with Crippen LogP contribution in [0.3, 0.4) is 0 Å². The van der Waals surface area contributed by atoms with Crippen molar-refractivity contribution in [1.29, 1.82) is 0 Å². The third-order valence-corrected chi connectivity index (χ3v) is 3.69. The molecule has 0 aliphatic heterocycles. The molecular formula is C14H14N2O4S. The van der Waals surface area contributed by atoms with Gasteiger partial charge in [-0.3, -0.25) is 4.79 Å². The molecule has 6 nitrogen and oxygen atoms in total. The fourth-order valence-corrected chi connectivity index (χ4v) is 2.53. The molecule has 2 aromatic rings. The van der Waals surface area contributed by atoms with Gasteiger partial charge < -0.3 is 15.2 Å². The highest BCUT2D eigenvalue weighted by atomic mass is 32.1. The number of aromatic nitrogens is 1. The number of carboxylic acids is 1. The second-order valence-electron chi connectivity index (χ2n) is 4.14. The molecule has 0 aliphatic carbocycles. The number of aromatic carboxylic acids is 1. The van der Waals surface area contributed by atoms with Crippen molar-refractivity contribution in [3.8, 4) is 17.0 Å². The minimum absolute atomic E-state index is 0.0784. The zero-order valence-electron chi connectivity index (χ0n) is 11.5. The minimum atomic E-state index is -1.08. The quantitative estimate of drug-likeness (QED) is 0.886. The second-order valence-corrected chi connectivity index (χ2v) is 5.13. The number of carbonyl (C=O) groups excluding carboxylic acids is 1. The number of methoxy groups -OCH3 is 1. The van der Waals surface area contributed by atoms with E-state index in [1.165, 1.54) is 7.11 Å². The van der Waals surface area contributed by atoms with Crippen LogP contribution in [0.2, 0.25) is 0 Å². The van der Waals surface area contributed by atoms with Crippen LogP contribution in [0.15, 0.2) is 24.3 Å². The third-order valence-electron chi connectivity index (χ3n) is 2.73. The van der Waals surface area contributed by atoms with Gasteiger partial charge in [-0.15, -0.1) is 0 Å². The Morgan fingerprint density at radius 2 is 2.19 bits per heavy atom. The molecule has 7 heteroatoms. The number of carboxylic acid groups (broad SMARTS) is 1. The fourth-order valence-electron chi connectivity index (χ4n) is 1.69. The molecule has 2 rings (SSSR count). The van der Waals surface area contributed by atoms with E-state index >= 15 is 0 Å². The van der Waals surface area contributed by atoms with Crippen LogP contribution in [0.4, 0.5) is 5.13 Å². The standard InChI is InChI=1S/C14H14N2O4S/c1-3-10(17)15-14-16-11(12(21-14)13(18)19)8-5-4-6-9(7-8)20-2/h4-7H,3H2,1-2H3,(H,18,19)(H,15,16,17). The summed E-state index contributed by atoms with van der Waals surface area (Å²) >= 11 is 0.936. The molecule has 21 heavy (non-hydrogen) atoms. The van der Waals surface area contributed by atoms with Crippen LogP contribution in [0, 0.1) is 0 Å². The molecule has 0 radical (unpaired) electrons. The van der Waals surface area contributed by atoms with Gasteiger partial charge in [0.25, 0.3) is 0 Å². The zero-order chi connectivity index (χ0) is 15.4. The number of anilines is 1. The Kier molecular flexibility index (Phi) is 4.54. The summed E-state index contributed by atoms with van der Waals surface area (Å²) in [6.45, 7) is 1.71. The first kappa shape index (κ1) is 15.0. The number of nitrogens with one attached hydrogen (secondary N) is 1. The molecule has 0 saturated carbocycles. The van der Waals surface area contributed by atoms with Gasteiger partial charge in [-0.2, -0.15) is 0 Å². The van der Waals surface area contributed by atoms with Crippen molar-refractivity contribution in [3.05, 3.63) is 29.1 Å². The first-order valence-corrected chi connectivity index (χ1v) is 7.05. The van der Waals surface area contributed by atoms with Crippen LogP contribution in [-0.2, 0) is 4.79 Å². The van der Waals surface area contributed by atoms with E-state index in [1.807, 2.05) is 0 Å². The van der Waals surface area contributed by atoms with E-state index in [-0.39, 0.29) is 15.9 Å². The van der Waals surface area contributed by atoms with Gasteiger partial charge in [0.1, 0.15) is 10.6 Å². The topological polar surface area (TPSA) is 88.5 Å².